The van der Waals surface area contributed by atoms with E-state index >= 15 is 0 Å². The summed E-state index contributed by atoms with van der Waals surface area (Å²) in [7, 11) is -3.64. The van der Waals surface area contributed by atoms with E-state index in [4.69, 9.17) is 0 Å². The molecule has 1 aliphatic heterocycles. The number of thiazole rings is 1. The summed E-state index contributed by atoms with van der Waals surface area (Å²) in [4.78, 5) is 28.8. The van der Waals surface area contributed by atoms with Crippen molar-refractivity contribution in [3.63, 3.8) is 0 Å². The van der Waals surface area contributed by atoms with E-state index in [-0.39, 0.29) is 10.8 Å². The van der Waals surface area contributed by atoms with E-state index in [2.05, 4.69) is 15.6 Å². The Balaban J connectivity index is 1.50. The third-order valence-electron chi connectivity index (χ3n) is 5.63. The molecule has 0 radical (unpaired) electrons. The van der Waals surface area contributed by atoms with Gasteiger partial charge in [-0.05, 0) is 49.6 Å². The van der Waals surface area contributed by atoms with E-state index in [0.29, 0.717) is 40.7 Å². The second kappa shape index (κ2) is 10.0. The average molecular weight is 499 g/mol. The number of hydrogen-bond acceptors (Lipinski definition) is 6. The minimum absolute atomic E-state index is 0.129. The number of piperidine rings is 1. The number of aryl methyl sites for hydroxylation is 1. The van der Waals surface area contributed by atoms with Gasteiger partial charge in [0.25, 0.3) is 5.91 Å². The minimum Gasteiger partial charge on any atom is -0.326 e. The molecule has 0 saturated carbocycles. The molecule has 0 bridgehead atoms. The number of aromatic nitrogens is 1. The lowest BCUT2D eigenvalue weighted by atomic mass is 10.1. The van der Waals surface area contributed by atoms with Crippen molar-refractivity contribution in [2.45, 2.75) is 38.0 Å². The van der Waals surface area contributed by atoms with Crippen LogP contribution in [0.5, 0.6) is 0 Å². The molecule has 0 aliphatic carbocycles. The molecule has 2 heterocycles. The summed E-state index contributed by atoms with van der Waals surface area (Å²) in [5, 5.41) is 7.74. The number of nitrogens with zero attached hydrogens (tertiary/aromatic N) is 2. The van der Waals surface area contributed by atoms with Gasteiger partial charge in [0, 0.05) is 42.2 Å². The van der Waals surface area contributed by atoms with Crippen LogP contribution in [0, 0.1) is 6.92 Å². The summed E-state index contributed by atoms with van der Waals surface area (Å²) < 4.78 is 27.6. The van der Waals surface area contributed by atoms with Gasteiger partial charge in [0.2, 0.25) is 15.9 Å². The van der Waals surface area contributed by atoms with Crippen LogP contribution in [0.4, 0.5) is 10.8 Å². The topological polar surface area (TPSA) is 108 Å². The molecular formula is C24H26N4O4S2. The summed E-state index contributed by atoms with van der Waals surface area (Å²) in [6.07, 6.45) is 2.73. The molecule has 4 rings (SSSR count). The van der Waals surface area contributed by atoms with Gasteiger partial charge in [-0.15, -0.1) is 11.3 Å². The first-order chi connectivity index (χ1) is 16.2. The zero-order valence-corrected chi connectivity index (χ0v) is 20.6. The average Bonchev–Trinajstić information content (AvgIpc) is 3.28. The fourth-order valence-electron chi connectivity index (χ4n) is 3.82. The predicted octanol–water partition coefficient (Wildman–Crippen LogP) is 4.50. The molecule has 0 unspecified atom stereocenters. The fourth-order valence-corrected chi connectivity index (χ4v) is 6.07. The zero-order chi connectivity index (χ0) is 24.3. The van der Waals surface area contributed by atoms with Crippen molar-refractivity contribution in [2.24, 2.45) is 0 Å². The van der Waals surface area contributed by atoms with Crippen molar-refractivity contribution >= 4 is 44.0 Å². The van der Waals surface area contributed by atoms with Crippen molar-refractivity contribution in [3.05, 3.63) is 59.0 Å². The largest absolute Gasteiger partial charge is 0.326 e. The second-order valence-corrected chi connectivity index (χ2v) is 11.0. The molecular weight excluding hydrogens is 472 g/mol. The Morgan fingerprint density at radius 2 is 1.71 bits per heavy atom. The third-order valence-corrected chi connectivity index (χ3v) is 8.28. The second-order valence-electron chi connectivity index (χ2n) is 8.19. The van der Waals surface area contributed by atoms with Gasteiger partial charge in [0.15, 0.2) is 5.13 Å². The van der Waals surface area contributed by atoms with Crippen LogP contribution in [0.1, 0.15) is 42.1 Å². The molecule has 0 spiro atoms. The lowest BCUT2D eigenvalue weighted by Crippen LogP contribution is -2.35. The molecule has 34 heavy (non-hydrogen) atoms. The minimum atomic E-state index is -3.64. The van der Waals surface area contributed by atoms with Crippen molar-refractivity contribution in [1.82, 2.24) is 9.29 Å². The van der Waals surface area contributed by atoms with Crippen LogP contribution in [-0.2, 0) is 14.8 Å². The molecule has 0 atom stereocenters. The van der Waals surface area contributed by atoms with Crippen LogP contribution < -0.4 is 10.6 Å². The Morgan fingerprint density at radius 3 is 2.38 bits per heavy atom. The Hall–Kier alpha value is -3.08. The lowest BCUT2D eigenvalue weighted by molar-refractivity contribution is -0.114. The highest BCUT2D eigenvalue weighted by Crippen LogP contribution is 2.27. The molecule has 1 aromatic heterocycles. The molecule has 2 N–H and O–H groups in total. The highest BCUT2D eigenvalue weighted by molar-refractivity contribution is 7.89. The maximum Gasteiger partial charge on any atom is 0.257 e. The Labute approximate surface area is 203 Å². The first-order valence-electron chi connectivity index (χ1n) is 11.0. The number of carbonyl (C=O) groups is 2. The van der Waals surface area contributed by atoms with Gasteiger partial charge in [0.05, 0.1) is 10.6 Å². The quantitative estimate of drug-likeness (QED) is 0.520. The summed E-state index contributed by atoms with van der Waals surface area (Å²) >= 11 is 1.28. The number of rotatable bonds is 6. The van der Waals surface area contributed by atoms with Crippen molar-refractivity contribution in [2.75, 3.05) is 23.7 Å². The van der Waals surface area contributed by atoms with E-state index < -0.39 is 15.9 Å². The molecule has 10 heteroatoms. The zero-order valence-electron chi connectivity index (χ0n) is 19.0. The summed E-state index contributed by atoms with van der Waals surface area (Å²) in [5.41, 5.74) is 3.20. The maximum absolute atomic E-state index is 13.0. The van der Waals surface area contributed by atoms with Crippen LogP contribution in [-0.4, -0.2) is 42.6 Å². The SMILES string of the molecule is CC(=O)Nc1ccc(-c2csc(NC(=O)c3cc(S(=O)(=O)N4CCCCC4)ccc3C)n2)cc1. The van der Waals surface area contributed by atoms with Crippen LogP contribution in [0.25, 0.3) is 11.3 Å². The first kappa shape index (κ1) is 24.1. The van der Waals surface area contributed by atoms with E-state index in [9.17, 15) is 18.0 Å². The van der Waals surface area contributed by atoms with Crippen molar-refractivity contribution < 1.29 is 18.0 Å². The van der Waals surface area contributed by atoms with Gasteiger partial charge in [-0.25, -0.2) is 13.4 Å². The molecule has 1 saturated heterocycles. The highest BCUT2D eigenvalue weighted by atomic mass is 32.2. The van der Waals surface area contributed by atoms with Crippen LogP contribution in [0.15, 0.2) is 52.7 Å². The standard InChI is InChI=1S/C24H26N4O4S2/c1-16-6-11-20(34(31,32)28-12-4-3-5-13-28)14-21(16)23(30)27-24-26-22(15-33-24)18-7-9-19(10-8-18)25-17(2)29/h6-11,14-15H,3-5,12-13H2,1-2H3,(H,25,29)(H,26,27,30). The number of carbonyl (C=O) groups excluding carboxylic acids is 2. The van der Waals surface area contributed by atoms with Crippen LogP contribution >= 0.6 is 11.3 Å². The van der Waals surface area contributed by atoms with E-state index in [1.54, 1.807) is 31.2 Å². The number of amides is 2. The summed E-state index contributed by atoms with van der Waals surface area (Å²) in [5.74, 6) is -0.551. The van der Waals surface area contributed by atoms with Gasteiger partial charge >= 0.3 is 0 Å². The number of benzene rings is 2. The number of hydrogen-bond donors (Lipinski definition) is 2. The summed E-state index contributed by atoms with van der Waals surface area (Å²) in [6, 6.07) is 11.9. The Morgan fingerprint density at radius 1 is 1.00 bits per heavy atom. The monoisotopic (exact) mass is 498 g/mol. The third kappa shape index (κ3) is 5.35. The lowest BCUT2D eigenvalue weighted by Gasteiger charge is -2.26. The van der Waals surface area contributed by atoms with E-state index in [1.165, 1.54) is 28.6 Å². The molecule has 3 aromatic rings. The van der Waals surface area contributed by atoms with Gasteiger partial charge < -0.3 is 5.32 Å². The molecule has 1 fully saturated rings. The molecule has 2 amide bonds. The van der Waals surface area contributed by atoms with E-state index in [1.807, 2.05) is 17.5 Å². The number of anilines is 2. The first-order valence-corrected chi connectivity index (χ1v) is 13.3. The van der Waals surface area contributed by atoms with Gasteiger partial charge in [-0.1, -0.05) is 24.6 Å². The molecule has 2 aromatic carbocycles. The Bertz CT molecular complexity index is 1310. The van der Waals surface area contributed by atoms with Crippen molar-refractivity contribution in [3.8, 4) is 11.3 Å². The van der Waals surface area contributed by atoms with Gasteiger partial charge in [-0.2, -0.15) is 4.31 Å². The smallest absolute Gasteiger partial charge is 0.257 e. The predicted molar refractivity (Wildman–Crippen MR) is 134 cm³/mol. The highest BCUT2D eigenvalue weighted by Gasteiger charge is 2.27. The maximum atomic E-state index is 13.0. The van der Waals surface area contributed by atoms with Gasteiger partial charge in [0.1, 0.15) is 0 Å². The van der Waals surface area contributed by atoms with Crippen molar-refractivity contribution in [1.29, 1.82) is 0 Å². The van der Waals surface area contributed by atoms with Crippen LogP contribution in [0.2, 0.25) is 0 Å². The van der Waals surface area contributed by atoms with Crippen LogP contribution in [0.3, 0.4) is 0 Å². The van der Waals surface area contributed by atoms with E-state index in [0.717, 1.165) is 24.8 Å². The fraction of sp³-hybridized carbons (Fsp3) is 0.292. The summed E-state index contributed by atoms with van der Waals surface area (Å²) in [6.45, 7) is 4.23. The number of sulfonamides is 1. The Kier molecular flexibility index (Phi) is 7.11. The molecule has 1 aliphatic rings. The molecule has 8 nitrogen and oxygen atoms in total. The molecule has 178 valence electrons. The van der Waals surface area contributed by atoms with Gasteiger partial charge in [-0.3, -0.25) is 14.9 Å². The normalized spacial score (nSPS) is 14.5. The number of nitrogens with one attached hydrogen (secondary N) is 2.